The fourth-order valence-corrected chi connectivity index (χ4v) is 14.3. The van der Waals surface area contributed by atoms with Crippen LogP contribution in [-0.4, -0.2) is 109 Å². The van der Waals surface area contributed by atoms with E-state index in [0.717, 1.165) is 73.4 Å². The molecule has 5 saturated heterocycles. The molecule has 5 aliphatic heterocycles. The molecule has 5 atom stereocenters. The van der Waals surface area contributed by atoms with E-state index in [1.165, 1.54) is 57.4 Å². The summed E-state index contributed by atoms with van der Waals surface area (Å²) in [4.78, 5) is 53.6. The van der Waals surface area contributed by atoms with Crippen LogP contribution >= 0.6 is 23.2 Å². The number of imide groups is 1. The molecule has 6 aliphatic rings. The van der Waals surface area contributed by atoms with E-state index in [1.807, 2.05) is 79.5 Å². The Kier molecular flexibility index (Phi) is 15.2. The quantitative estimate of drug-likeness (QED) is 0.157. The van der Waals surface area contributed by atoms with Gasteiger partial charge in [-0.05, 0) is 161 Å². The van der Waals surface area contributed by atoms with Crippen molar-refractivity contribution >= 4 is 56.6 Å². The van der Waals surface area contributed by atoms with Crippen molar-refractivity contribution in [3.8, 4) is 0 Å². The molecule has 9 rings (SSSR count). The number of allylic oxidation sites excluding steroid dienone is 1. The Balaban J connectivity index is 0.790. The van der Waals surface area contributed by atoms with Crippen molar-refractivity contribution in [3.05, 3.63) is 105 Å². The summed E-state index contributed by atoms with van der Waals surface area (Å²) in [5, 5.41) is 3.16. The number of piperidine rings is 5. The van der Waals surface area contributed by atoms with Crippen LogP contribution in [0.4, 0.5) is 5.82 Å². The minimum atomic E-state index is -3.49. The molecule has 69 heavy (non-hydrogen) atoms. The first-order valence-corrected chi connectivity index (χ1v) is 28.3. The summed E-state index contributed by atoms with van der Waals surface area (Å²) in [5.74, 6) is 2.17. The highest BCUT2D eigenvalue weighted by atomic mass is 35.5. The van der Waals surface area contributed by atoms with E-state index in [1.54, 1.807) is 13.8 Å². The Bertz CT molecular complexity index is 2460. The van der Waals surface area contributed by atoms with Gasteiger partial charge in [-0.25, -0.2) is 13.4 Å². The number of benzene rings is 2. The average Bonchev–Trinajstić information content (AvgIpc) is 3.32. The molecule has 11 nitrogen and oxygen atoms in total. The van der Waals surface area contributed by atoms with Gasteiger partial charge in [0.1, 0.15) is 5.82 Å². The van der Waals surface area contributed by atoms with Gasteiger partial charge in [-0.15, -0.1) is 0 Å². The largest absolute Gasteiger partial charge is 0.375 e. The molecule has 0 bridgehead atoms. The molecular formula is C55H72Cl2N6O5S. The first-order valence-electron chi connectivity index (χ1n) is 25.8. The van der Waals surface area contributed by atoms with Gasteiger partial charge in [0, 0.05) is 79.5 Å². The molecule has 1 N–H and O–H groups in total. The molecule has 1 aliphatic carbocycles. The molecule has 0 radical (unpaired) electrons. The van der Waals surface area contributed by atoms with E-state index >= 15 is 4.79 Å². The molecule has 3 amide bonds. The zero-order valence-corrected chi connectivity index (χ0v) is 43.3. The van der Waals surface area contributed by atoms with Crippen LogP contribution in [0.2, 0.25) is 10.0 Å². The summed E-state index contributed by atoms with van der Waals surface area (Å²) in [6.07, 6.45) is 14.8. The number of halogens is 2. The molecule has 1 spiro atoms. The predicted octanol–water partition coefficient (Wildman–Crippen LogP) is 9.82. The van der Waals surface area contributed by atoms with Crippen LogP contribution in [0.5, 0.6) is 0 Å². The minimum absolute atomic E-state index is 0.0294. The van der Waals surface area contributed by atoms with Gasteiger partial charge in [0.15, 0.2) is 9.84 Å². The van der Waals surface area contributed by atoms with Crippen LogP contribution in [0.15, 0.2) is 78.6 Å². The first kappa shape index (κ1) is 50.0. The van der Waals surface area contributed by atoms with E-state index in [4.69, 9.17) is 28.2 Å². The average molecular weight is 1000 g/mol. The van der Waals surface area contributed by atoms with Crippen LogP contribution in [0, 0.1) is 29.1 Å². The Morgan fingerprint density at radius 1 is 0.754 bits per heavy atom. The number of pyridine rings is 1. The molecular weight excluding hydrogens is 928 g/mol. The number of rotatable bonds is 14. The van der Waals surface area contributed by atoms with Crippen LogP contribution in [0.3, 0.4) is 0 Å². The predicted molar refractivity (Wildman–Crippen MR) is 275 cm³/mol. The number of amides is 3. The number of hydrogen-bond acceptors (Lipinski definition) is 9. The number of carbonyl (C=O) groups excluding carboxylic acids is 3. The fourth-order valence-electron chi connectivity index (χ4n) is 12.6. The topological polar surface area (TPSA) is 123 Å². The van der Waals surface area contributed by atoms with Crippen molar-refractivity contribution in [2.45, 2.75) is 127 Å². The lowest BCUT2D eigenvalue weighted by atomic mass is 9.60. The first-order chi connectivity index (χ1) is 33.1. The van der Waals surface area contributed by atoms with Crippen LogP contribution in [0.25, 0.3) is 0 Å². The summed E-state index contributed by atoms with van der Waals surface area (Å²) in [6, 6.07) is 18.8. The Hall–Kier alpha value is -3.97. The standard InChI is InChI=1S/C55H72Cl2N6O5S/c1-36(2)49(35-69(67,68)37(3)4)63-52(41-8-11-44(56)12-9-41)48(42-6-5-7-45(57)29-42)32-55(54(63)66)30-46(31-55)61-24-18-39(19-25-61)28-38-16-22-60(23-17-38)34-40-20-26-62(27-21-40)50-14-10-43(33-58-50)47-13-15-51(64)59-53(47)65/h5-12,14,29-30,33,36-40,47-49,52H,13,15-28,31-32,34-35H2,1-4H3,(H,59,64,65)/t47?,48-,49-,52-,55+/m1/s1. The van der Waals surface area contributed by atoms with Gasteiger partial charge in [0.2, 0.25) is 17.7 Å². The highest BCUT2D eigenvalue weighted by molar-refractivity contribution is 7.92. The highest BCUT2D eigenvalue weighted by Crippen LogP contribution is 2.58. The van der Waals surface area contributed by atoms with Crippen LogP contribution in [0.1, 0.15) is 133 Å². The zero-order valence-electron chi connectivity index (χ0n) is 41.0. The lowest BCUT2D eigenvalue weighted by Crippen LogP contribution is -2.61. The maximum atomic E-state index is 15.4. The molecule has 3 aromatic rings. The highest BCUT2D eigenvalue weighted by Gasteiger charge is 2.57. The summed E-state index contributed by atoms with van der Waals surface area (Å²) >= 11 is 13.1. The number of anilines is 1. The summed E-state index contributed by atoms with van der Waals surface area (Å²) in [6.45, 7) is 15.1. The number of nitrogens with zero attached hydrogens (tertiary/aromatic N) is 5. The van der Waals surface area contributed by atoms with E-state index in [2.05, 4.69) is 32.2 Å². The second-order valence-corrected chi connectivity index (χ2v) is 25.5. The number of nitrogens with one attached hydrogen (secondary N) is 1. The molecule has 2 aromatic carbocycles. The second kappa shape index (κ2) is 21.0. The van der Waals surface area contributed by atoms with Crippen molar-refractivity contribution in [2.75, 3.05) is 56.5 Å². The Morgan fingerprint density at radius 3 is 2.00 bits per heavy atom. The van der Waals surface area contributed by atoms with Gasteiger partial charge in [0.25, 0.3) is 0 Å². The summed E-state index contributed by atoms with van der Waals surface area (Å²) in [7, 11) is -3.49. The number of sulfone groups is 1. The van der Waals surface area contributed by atoms with Gasteiger partial charge in [-0.3, -0.25) is 19.7 Å². The number of likely N-dealkylation sites (tertiary alicyclic amines) is 3. The maximum Gasteiger partial charge on any atom is 0.234 e. The smallest absolute Gasteiger partial charge is 0.234 e. The van der Waals surface area contributed by atoms with Gasteiger partial charge in [-0.2, -0.15) is 0 Å². The SMILES string of the molecule is CC(C)[C@@H](CS(=O)(=O)C(C)C)N1C(=O)[C@]2(C=C(N3CCC(CC4CCN(CC5CCN(c6ccc(C7CCC(=O)NC7=O)cn6)CC5)CC4)CC3)C2)C[C@H](c2cccc(Cl)c2)[C@H]1c1ccc(Cl)cc1. The second-order valence-electron chi connectivity index (χ2n) is 22.0. The van der Waals surface area contributed by atoms with E-state index in [0.29, 0.717) is 41.6 Å². The van der Waals surface area contributed by atoms with E-state index in [-0.39, 0.29) is 41.2 Å². The molecule has 5 fully saturated rings. The molecule has 14 heteroatoms. The molecule has 0 saturated carbocycles. The maximum absolute atomic E-state index is 15.4. The fraction of sp³-hybridized carbons (Fsp3) is 0.600. The molecule has 1 aromatic heterocycles. The monoisotopic (exact) mass is 998 g/mol. The van der Waals surface area contributed by atoms with Crippen molar-refractivity contribution in [1.29, 1.82) is 0 Å². The Morgan fingerprint density at radius 2 is 1.39 bits per heavy atom. The third-order valence-corrected chi connectivity index (χ3v) is 19.6. The summed E-state index contributed by atoms with van der Waals surface area (Å²) in [5.41, 5.74) is 3.40. The van der Waals surface area contributed by atoms with Gasteiger partial charge in [-0.1, -0.05) is 67.4 Å². The van der Waals surface area contributed by atoms with Crippen LogP contribution in [-0.2, 0) is 24.2 Å². The van der Waals surface area contributed by atoms with Gasteiger partial charge < -0.3 is 19.6 Å². The Labute approximate surface area is 420 Å². The molecule has 372 valence electrons. The van der Waals surface area contributed by atoms with Crippen molar-refractivity contribution in [1.82, 2.24) is 25.0 Å². The van der Waals surface area contributed by atoms with Crippen molar-refractivity contribution in [2.24, 2.45) is 29.1 Å². The van der Waals surface area contributed by atoms with Crippen LogP contribution < -0.4 is 10.2 Å². The number of carbonyl (C=O) groups is 3. The lowest BCUT2D eigenvalue weighted by Gasteiger charge is -2.56. The third kappa shape index (κ3) is 11.1. The van der Waals surface area contributed by atoms with E-state index in [9.17, 15) is 18.0 Å². The third-order valence-electron chi connectivity index (χ3n) is 16.9. The van der Waals surface area contributed by atoms with Crippen molar-refractivity contribution in [3.63, 3.8) is 0 Å². The summed E-state index contributed by atoms with van der Waals surface area (Å²) < 4.78 is 27.4. The van der Waals surface area contributed by atoms with Gasteiger partial charge >= 0.3 is 0 Å². The number of aromatic nitrogens is 1. The lowest BCUT2D eigenvalue weighted by molar-refractivity contribution is -0.155. The normalized spacial score (nSPS) is 26.4. The number of hydrogen-bond donors (Lipinski definition) is 1. The van der Waals surface area contributed by atoms with Gasteiger partial charge in [0.05, 0.1) is 28.4 Å². The zero-order chi connectivity index (χ0) is 48.6. The molecule has 1 unspecified atom stereocenters. The van der Waals surface area contributed by atoms with Crippen molar-refractivity contribution < 1.29 is 22.8 Å². The van der Waals surface area contributed by atoms with E-state index < -0.39 is 32.6 Å². The minimum Gasteiger partial charge on any atom is -0.375 e. The molecule has 6 heterocycles.